The van der Waals surface area contributed by atoms with Crippen LogP contribution in [-0.4, -0.2) is 106 Å². The van der Waals surface area contributed by atoms with Crippen molar-refractivity contribution in [3.63, 3.8) is 0 Å². The van der Waals surface area contributed by atoms with Crippen LogP contribution in [0.3, 0.4) is 0 Å². The molecule has 0 saturated carbocycles. The maximum Gasteiger partial charge on any atom is 0.312 e. The first-order valence-corrected chi connectivity index (χ1v) is 20.0. The number of aliphatic hydroxyl groups is 2. The highest BCUT2D eigenvalue weighted by atomic mass is 16.7. The fourth-order valence-corrected chi connectivity index (χ4v) is 7.71. The summed E-state index contributed by atoms with van der Waals surface area (Å²) in [7, 11) is 1.44. The Morgan fingerprint density at radius 3 is 2.25 bits per heavy atom. The number of benzene rings is 2. The first kappa shape index (κ1) is 46.6. The van der Waals surface area contributed by atoms with Crippen molar-refractivity contribution in [3.05, 3.63) is 53.3 Å². The smallest absolute Gasteiger partial charge is 0.312 e. The Kier molecular flexibility index (Phi) is 15.2. The normalized spacial score (nSPS) is 29.8. The van der Waals surface area contributed by atoms with Gasteiger partial charge in [-0.2, -0.15) is 0 Å². The summed E-state index contributed by atoms with van der Waals surface area (Å²) in [4.78, 5) is 55.2. The van der Waals surface area contributed by atoms with Gasteiger partial charge in [0, 0.05) is 80.3 Å². The molecule has 5 bridgehead atoms. The molecule has 9 atom stereocenters. The molecule has 3 aliphatic rings. The van der Waals surface area contributed by atoms with Gasteiger partial charge in [0.05, 0.1) is 41.2 Å². The fourth-order valence-electron chi connectivity index (χ4n) is 7.71. The topological polar surface area (TPSA) is 211 Å². The number of amides is 2. The number of aliphatic hydroxyl groups excluding tert-OH is 2. The van der Waals surface area contributed by atoms with E-state index in [-0.39, 0.29) is 50.6 Å². The first-order chi connectivity index (χ1) is 27.7. The van der Waals surface area contributed by atoms with Crippen LogP contribution in [0.15, 0.2) is 42.2 Å². The van der Waals surface area contributed by atoms with Gasteiger partial charge in [-0.05, 0) is 33.3 Å². The largest absolute Gasteiger partial charge is 0.507 e. The van der Waals surface area contributed by atoms with Crippen molar-refractivity contribution in [1.82, 2.24) is 4.90 Å². The van der Waals surface area contributed by atoms with E-state index < -0.39 is 89.6 Å². The van der Waals surface area contributed by atoms with Crippen LogP contribution < -0.4 is 14.8 Å². The Morgan fingerprint density at radius 1 is 0.966 bits per heavy atom. The Balaban J connectivity index is 1.94. The van der Waals surface area contributed by atoms with Crippen molar-refractivity contribution in [3.8, 4) is 23.0 Å². The third-order valence-corrected chi connectivity index (χ3v) is 11.4. The van der Waals surface area contributed by atoms with Gasteiger partial charge in [0.1, 0.15) is 23.4 Å². The minimum absolute atomic E-state index is 0.0551. The molecular weight excluding hydrogens is 764 g/mol. The number of allylic oxidation sites excluding steroid dienone is 2. The molecule has 324 valence electrons. The first-order valence-electron chi connectivity index (χ1n) is 20.0. The molecule has 15 nitrogen and oxygen atoms in total. The average molecular weight is 825 g/mol. The number of phenolic OH excluding ortho intramolecular Hbond substituents is 2. The van der Waals surface area contributed by atoms with Gasteiger partial charge in [0.15, 0.2) is 12.4 Å². The highest BCUT2D eigenvalue weighted by molar-refractivity contribution is 6.21. The number of ether oxygens (including phenoxy) is 5. The molecule has 0 spiro atoms. The Morgan fingerprint density at radius 2 is 1.64 bits per heavy atom. The van der Waals surface area contributed by atoms with Crippen molar-refractivity contribution < 1.29 is 63.3 Å². The number of likely N-dealkylation sites (N-methyl/N-ethyl adjacent to an activating group) is 1. The molecule has 5 rings (SSSR count). The summed E-state index contributed by atoms with van der Waals surface area (Å²) >= 11 is 0. The van der Waals surface area contributed by atoms with Crippen molar-refractivity contribution >= 4 is 40.0 Å². The van der Waals surface area contributed by atoms with Crippen LogP contribution in [0.5, 0.6) is 23.0 Å². The van der Waals surface area contributed by atoms with Gasteiger partial charge in [-0.1, -0.05) is 52.8 Å². The number of ketones is 1. The standard InChI is InChI=1S/C44H60N2O13/c1-12-18-46(13-2)32(48)21-56-31-20-29-39(52)34-33(31)35-41(27(8)38(34)51)59-44(10,42(35)53)57-19-17-30(55-11)24(5)40(58-28(9)47)26(7)37(50)25(6)36(49)22(3)15-14-16-23(4)43(54)45-29/h14-17,19-20,22,24-26,30,36-37,40,49-52H,12-13,18,21H2,1-11H3,(H,45,54)/b15-14+,19-17+,23-16+. The van der Waals surface area contributed by atoms with Crippen LogP contribution in [0.1, 0.15) is 84.7 Å². The lowest BCUT2D eigenvalue weighted by Crippen LogP contribution is -2.46. The van der Waals surface area contributed by atoms with Gasteiger partial charge >= 0.3 is 11.8 Å². The summed E-state index contributed by atoms with van der Waals surface area (Å²) in [5.74, 6) is -7.98. The maximum absolute atomic E-state index is 14.5. The number of aromatic hydroxyl groups is 2. The quantitative estimate of drug-likeness (QED) is 0.160. The molecule has 0 fully saturated rings. The second-order valence-electron chi connectivity index (χ2n) is 15.7. The van der Waals surface area contributed by atoms with Gasteiger partial charge in [0.2, 0.25) is 0 Å². The third-order valence-electron chi connectivity index (χ3n) is 11.4. The molecule has 15 heteroatoms. The van der Waals surface area contributed by atoms with Crippen molar-refractivity contribution in [1.29, 1.82) is 0 Å². The van der Waals surface area contributed by atoms with E-state index in [0.717, 1.165) is 0 Å². The number of nitrogens with zero attached hydrogens (tertiary/aromatic N) is 1. The molecule has 2 amide bonds. The maximum atomic E-state index is 14.5. The zero-order chi connectivity index (χ0) is 44.1. The number of methoxy groups -OCH3 is 1. The average Bonchev–Trinajstić information content (AvgIpc) is 3.46. The fraction of sp³-hybridized carbons (Fsp3) is 0.545. The molecular formula is C44H60N2O13. The lowest BCUT2D eigenvalue weighted by Gasteiger charge is -2.38. The van der Waals surface area contributed by atoms with Gasteiger partial charge in [0.25, 0.3) is 17.6 Å². The molecule has 3 aliphatic heterocycles. The number of nitrogens with one attached hydrogen (secondary N) is 1. The van der Waals surface area contributed by atoms with Crippen LogP contribution in [0.4, 0.5) is 5.69 Å². The molecule has 0 aromatic heterocycles. The van der Waals surface area contributed by atoms with Crippen molar-refractivity contribution in [2.45, 2.75) is 106 Å². The number of fused-ring (bicyclic) bond motifs is 14. The number of esters is 1. The number of anilines is 1. The van der Waals surface area contributed by atoms with E-state index in [1.165, 1.54) is 59.3 Å². The monoisotopic (exact) mass is 824 g/mol. The van der Waals surface area contributed by atoms with E-state index in [2.05, 4.69) is 5.32 Å². The summed E-state index contributed by atoms with van der Waals surface area (Å²) in [6, 6.07) is 1.27. The van der Waals surface area contributed by atoms with Crippen molar-refractivity contribution in [2.75, 3.05) is 32.1 Å². The number of hydrogen-bond donors (Lipinski definition) is 5. The van der Waals surface area contributed by atoms with E-state index in [1.54, 1.807) is 44.7 Å². The van der Waals surface area contributed by atoms with Gasteiger partial charge in [-0.25, -0.2) is 0 Å². The van der Waals surface area contributed by atoms with Gasteiger partial charge in [-0.3, -0.25) is 19.2 Å². The number of carbonyl (C=O) groups is 4. The molecule has 2 aromatic rings. The minimum Gasteiger partial charge on any atom is -0.507 e. The molecule has 0 radical (unpaired) electrons. The summed E-state index contributed by atoms with van der Waals surface area (Å²) in [5.41, 5.74) is 0.000400. The summed E-state index contributed by atoms with van der Waals surface area (Å²) in [6.45, 7) is 16.8. The number of phenols is 2. The summed E-state index contributed by atoms with van der Waals surface area (Å²) in [5, 5.41) is 48.5. The number of rotatable bonds is 8. The molecule has 9 unspecified atom stereocenters. The molecule has 59 heavy (non-hydrogen) atoms. The number of carbonyl (C=O) groups excluding carboxylic acids is 4. The lowest BCUT2D eigenvalue weighted by molar-refractivity contribution is -0.160. The number of hydrogen-bond acceptors (Lipinski definition) is 13. The molecule has 0 aliphatic carbocycles. The van der Waals surface area contributed by atoms with Crippen LogP contribution in [0, 0.1) is 30.6 Å². The van der Waals surface area contributed by atoms with Gasteiger partial charge in [-0.15, -0.1) is 0 Å². The molecule has 2 aromatic carbocycles. The van der Waals surface area contributed by atoms with E-state index in [1.807, 2.05) is 13.8 Å². The van der Waals surface area contributed by atoms with Crippen LogP contribution >= 0.6 is 0 Å². The Bertz CT molecular complexity index is 2010. The second-order valence-corrected chi connectivity index (χ2v) is 15.7. The van der Waals surface area contributed by atoms with E-state index in [9.17, 15) is 39.6 Å². The predicted octanol–water partition coefficient (Wildman–Crippen LogP) is 5.69. The van der Waals surface area contributed by atoms with Gasteiger partial charge < -0.3 is 54.3 Å². The SMILES string of the molecule is CCCN(CC)C(=O)COc1cc2c(O)c3c(O)c(C)c4c(c13)C(=O)C(C)(O/C=C/C(OC)C(C)C(OC(C)=O)C(C)C(O)C(C)C(O)C(C)/C=C/C=C(\C)C(=O)N2)O4. The third kappa shape index (κ3) is 9.69. The van der Waals surface area contributed by atoms with E-state index >= 15 is 0 Å². The highest BCUT2D eigenvalue weighted by Crippen LogP contribution is 2.54. The molecule has 5 N–H and O–H groups in total. The number of Topliss-reactive ketones (excluding diaryl/α,β-unsaturated/α-hetero) is 1. The van der Waals surface area contributed by atoms with E-state index in [0.29, 0.717) is 19.5 Å². The predicted molar refractivity (Wildman–Crippen MR) is 220 cm³/mol. The lowest BCUT2D eigenvalue weighted by atomic mass is 9.78. The zero-order valence-corrected chi connectivity index (χ0v) is 35.8. The minimum atomic E-state index is -2.02. The van der Waals surface area contributed by atoms with Crippen LogP contribution in [-0.2, 0) is 28.6 Å². The Labute approximate surface area is 345 Å². The molecule has 3 heterocycles. The summed E-state index contributed by atoms with van der Waals surface area (Å²) in [6.07, 6.45) is 4.31. The molecule has 0 saturated heterocycles. The zero-order valence-electron chi connectivity index (χ0n) is 35.8. The Hall–Kier alpha value is -5.12. The second kappa shape index (κ2) is 19.3. The van der Waals surface area contributed by atoms with Crippen molar-refractivity contribution in [2.24, 2.45) is 23.7 Å². The highest BCUT2D eigenvalue weighted by Gasteiger charge is 2.49. The van der Waals surface area contributed by atoms with E-state index in [4.69, 9.17) is 23.7 Å². The summed E-state index contributed by atoms with van der Waals surface area (Å²) < 4.78 is 29.8. The van der Waals surface area contributed by atoms with Crippen LogP contribution in [0.2, 0.25) is 0 Å². The van der Waals surface area contributed by atoms with Crippen LogP contribution in [0.25, 0.3) is 10.8 Å².